The normalized spacial score (nSPS) is 28.3. The first kappa shape index (κ1) is 96.8. The van der Waals surface area contributed by atoms with Gasteiger partial charge in [-0.3, -0.25) is 49.3 Å². The van der Waals surface area contributed by atoms with Gasteiger partial charge in [0.1, 0.15) is 35.8 Å². The Hall–Kier alpha value is -11.7. The summed E-state index contributed by atoms with van der Waals surface area (Å²) in [6, 6.07) is 39.8. The second-order valence-electron chi connectivity index (χ2n) is 39.9. The zero-order valence-electron chi connectivity index (χ0n) is 79.5. The van der Waals surface area contributed by atoms with E-state index in [9.17, 15) is 47.9 Å². The van der Waals surface area contributed by atoms with Crippen LogP contribution in [0.25, 0.3) is 51.7 Å². The zero-order valence-corrected chi connectivity index (χ0v) is 79.5. The number of anilines is 1. The molecule has 20 atom stereocenters. The minimum absolute atomic E-state index is 0.0148. The van der Waals surface area contributed by atoms with Gasteiger partial charge in [-0.15, -0.1) is 0 Å². The lowest BCUT2D eigenvalue weighted by atomic mass is 9.56. The van der Waals surface area contributed by atoms with Crippen molar-refractivity contribution in [3.63, 3.8) is 0 Å². The van der Waals surface area contributed by atoms with Crippen LogP contribution in [-0.4, -0.2) is 141 Å². The van der Waals surface area contributed by atoms with Crippen LogP contribution in [0.1, 0.15) is 206 Å². The fourth-order valence-electron chi connectivity index (χ4n) is 23.7. The number of halogens is 2. The first-order chi connectivity index (χ1) is 64.3. The smallest absolute Gasteiger partial charge is 0.338 e. The minimum atomic E-state index is -1.40. The van der Waals surface area contributed by atoms with E-state index in [1.54, 1.807) is 42.5 Å². The fourth-order valence-corrected chi connectivity index (χ4v) is 23.7. The van der Waals surface area contributed by atoms with Crippen molar-refractivity contribution < 1.29 is 71.1 Å². The van der Waals surface area contributed by atoms with Crippen LogP contribution < -0.4 is 4.90 Å². The highest BCUT2D eigenvalue weighted by atomic mass is 19.1. The van der Waals surface area contributed by atoms with Crippen molar-refractivity contribution >= 4 is 65.4 Å². The van der Waals surface area contributed by atoms with E-state index in [0.29, 0.717) is 116 Å². The van der Waals surface area contributed by atoms with E-state index in [2.05, 4.69) is 103 Å². The number of nitrogens with zero attached hydrogens (tertiary/aromatic N) is 7. The number of morpholine rings is 1. The quantitative estimate of drug-likeness (QED) is 0.0432. The molecule has 10 aliphatic rings. The molecule has 18 rings (SSSR count). The van der Waals surface area contributed by atoms with Gasteiger partial charge in [0, 0.05) is 109 Å². The molecule has 4 aromatic carbocycles. The lowest BCUT2D eigenvalue weighted by molar-refractivity contribution is -0.160. The van der Waals surface area contributed by atoms with Crippen molar-refractivity contribution in [3.8, 4) is 39.6 Å². The fraction of sp³-hybridized carbons (Fsp3) is 0.477. The molecule has 21 nitrogen and oxygen atoms in total. The third kappa shape index (κ3) is 21.3. The van der Waals surface area contributed by atoms with Gasteiger partial charge in [-0.1, -0.05) is 107 Å². The maximum Gasteiger partial charge on any atom is 0.338 e. The van der Waals surface area contributed by atoms with Gasteiger partial charge in [0.25, 0.3) is 0 Å². The molecule has 4 aromatic heterocycles. The zero-order chi connectivity index (χ0) is 95.1. The molecule has 23 heteroatoms. The van der Waals surface area contributed by atoms with Crippen molar-refractivity contribution in [2.24, 2.45) is 94.7 Å². The predicted molar refractivity (Wildman–Crippen MR) is 512 cm³/mol. The molecule has 0 amide bonds. The molecule has 9 fully saturated rings. The Labute approximate surface area is 786 Å². The Morgan fingerprint density at radius 2 is 1.19 bits per heavy atom. The summed E-state index contributed by atoms with van der Waals surface area (Å²) in [5.41, 5.74) is 13.5. The summed E-state index contributed by atoms with van der Waals surface area (Å²) in [4.78, 5) is 97.4. The Morgan fingerprint density at radius 1 is 0.627 bits per heavy atom. The number of pyridine rings is 4. The van der Waals surface area contributed by atoms with Gasteiger partial charge in [-0.2, -0.15) is 5.26 Å². The Kier molecular flexibility index (Phi) is 30.4. The van der Waals surface area contributed by atoms with Crippen LogP contribution in [0.4, 0.5) is 14.5 Å². The van der Waals surface area contributed by atoms with E-state index < -0.39 is 11.6 Å². The summed E-state index contributed by atoms with van der Waals surface area (Å²) in [6.45, 7) is 30.3. The summed E-state index contributed by atoms with van der Waals surface area (Å²) in [6.07, 6.45) is 28.6. The number of esters is 5. The Balaban J connectivity index is 0.000000137. The molecule has 4 saturated heterocycles. The van der Waals surface area contributed by atoms with Gasteiger partial charge in [0.15, 0.2) is 11.4 Å². The number of nitrogens with one attached hydrogen (secondary N) is 1. The Morgan fingerprint density at radius 3 is 1.72 bits per heavy atom. The number of hydrogen-bond acceptors (Lipinski definition) is 20. The highest BCUT2D eigenvalue weighted by molar-refractivity contribution is 6.06. The number of cyclic esters (lactones) is 3. The molecule has 0 unspecified atom stereocenters. The number of aryl methyl sites for hydroxylation is 1. The number of benzene rings is 4. The van der Waals surface area contributed by atoms with E-state index in [4.69, 9.17) is 33.8 Å². The molecule has 8 aromatic rings. The van der Waals surface area contributed by atoms with Crippen LogP contribution in [0.5, 0.6) is 0 Å². The van der Waals surface area contributed by atoms with Crippen LogP contribution in [0.15, 0.2) is 164 Å². The molecule has 5 aliphatic carbocycles. The summed E-state index contributed by atoms with van der Waals surface area (Å²) >= 11 is 0. The van der Waals surface area contributed by atoms with Crippen molar-refractivity contribution in [2.45, 2.75) is 197 Å². The van der Waals surface area contributed by atoms with E-state index in [-0.39, 0.29) is 131 Å². The number of amidine groups is 1. The molecule has 0 bridgehead atoms. The van der Waals surface area contributed by atoms with Gasteiger partial charge in [0.2, 0.25) is 0 Å². The minimum Gasteiger partial charge on any atom is -0.466 e. The average Bonchev–Trinajstić information content (AvgIpc) is 1.57. The molecule has 2 N–H and O–H groups in total. The van der Waals surface area contributed by atoms with Gasteiger partial charge < -0.3 is 43.3 Å². The van der Waals surface area contributed by atoms with Crippen LogP contribution in [0.3, 0.4) is 0 Å². The third-order valence-corrected chi connectivity index (χ3v) is 30.6. The number of ketones is 1. The maximum absolute atomic E-state index is 14.9. The number of aromatic nitrogens is 4. The molecule has 0 radical (unpaired) electrons. The Bertz CT molecular complexity index is 5750. The molecule has 5 aliphatic heterocycles. The van der Waals surface area contributed by atoms with Crippen LogP contribution in [0, 0.1) is 144 Å². The van der Waals surface area contributed by atoms with Crippen molar-refractivity contribution in [2.75, 3.05) is 51.0 Å². The van der Waals surface area contributed by atoms with Crippen LogP contribution >= 0.6 is 0 Å². The lowest BCUT2D eigenvalue weighted by Crippen LogP contribution is -2.52. The largest absolute Gasteiger partial charge is 0.466 e. The number of carbonyl (C=O) groups is 6. The first-order valence-electron chi connectivity index (χ1n) is 48.2. The number of ether oxygens (including phenoxy) is 6. The number of hydrogen-bond donors (Lipinski definition) is 2. The molecule has 134 heavy (non-hydrogen) atoms. The second kappa shape index (κ2) is 42.0. The van der Waals surface area contributed by atoms with E-state index in [0.717, 1.165) is 137 Å². The summed E-state index contributed by atoms with van der Waals surface area (Å²) in [5.74, 6) is 2.04. The van der Waals surface area contributed by atoms with Crippen molar-refractivity contribution in [1.82, 2.24) is 24.8 Å². The molecule has 704 valence electrons. The molecule has 0 spiro atoms. The highest BCUT2D eigenvalue weighted by Gasteiger charge is 2.62. The monoisotopic (exact) mass is 1820 g/mol. The number of fused-ring (bicyclic) bond motifs is 6. The maximum atomic E-state index is 14.9. The SMILES string of the molecule is CCOC(=O)C[C@@H]1CC[C@@H]2[C@@H](C1)C[C@H]1C(=O)O[C@H](C)[C@H]1[C@H]2/C=C/c1ccc(-c2cccc(F)c2)cn1.CCOC(=O)C[C@@H]1CC[C@@H]2[C@@H](C1)C[C@H]1C(=O)O[C@H](C)[C@H]1[C@H]2/C=C/c1ccc(-c2ccccn2)cn1.C[C@H]1[C@H](/C=C/c2ccc(-c3ccccc3C#N)cn2)[C@@H]2[C@@H](C)OC(=O)[C@]2(O)C[C@@H]1C.Cc1cc2c(c(F)c1C)C(=N)N(CC(=O)c1cc(N3CCOCC3)c(C)c(C(C)(C)C)c1)C2. The summed E-state index contributed by atoms with van der Waals surface area (Å²) in [5, 5.41) is 28.9. The van der Waals surface area contributed by atoms with Gasteiger partial charge in [0.05, 0.1) is 84.8 Å². The third-order valence-electron chi connectivity index (χ3n) is 30.6. The van der Waals surface area contributed by atoms with Crippen LogP contribution in [0.2, 0.25) is 0 Å². The molecular weight excluding hydrogens is 1690 g/mol. The highest BCUT2D eigenvalue weighted by Crippen LogP contribution is 2.58. The number of allylic oxidation sites excluding steroid dienone is 3. The summed E-state index contributed by atoms with van der Waals surface area (Å²) in [7, 11) is 0. The average molecular weight is 1820 g/mol. The number of nitriles is 1. The van der Waals surface area contributed by atoms with Crippen molar-refractivity contribution in [3.05, 3.63) is 238 Å². The van der Waals surface area contributed by atoms with E-state index in [1.165, 1.54) is 17.7 Å². The molecular formula is C111H128F2N8O13. The second-order valence-corrected chi connectivity index (χ2v) is 39.9. The number of Topliss-reactive ketones (excluding diaryl/α,β-unsaturated/α-hetero) is 1. The predicted octanol–water partition coefficient (Wildman–Crippen LogP) is 20.6. The molecule has 5 saturated carbocycles. The molecule has 9 heterocycles. The van der Waals surface area contributed by atoms with Crippen LogP contribution in [-0.2, 0) is 64.4 Å². The van der Waals surface area contributed by atoms with Gasteiger partial charge >= 0.3 is 29.8 Å². The van der Waals surface area contributed by atoms with E-state index >= 15 is 0 Å². The topological polar surface area (TPSA) is 284 Å². The van der Waals surface area contributed by atoms with Gasteiger partial charge in [-0.05, 0) is 302 Å². The first-order valence-corrected chi connectivity index (χ1v) is 48.2. The van der Waals surface area contributed by atoms with E-state index in [1.807, 2.05) is 151 Å². The standard InChI is InChI=1S/C30H34FNO4.C29H34N2O4.C27H34FN3O2.C25H26N2O3/c1-3-35-28(33)14-19-7-11-25-22(13-19)16-27-29(18(2)36-30(27)34)26(25)12-10-24-9-8-21(17-32-24)20-5-4-6-23(31)15-20;1-3-34-27(32)15-19-7-11-23-21(14-19)16-25-28(18(2)35-29(25)33)24(23)12-10-22-9-8-20(17-31-22)26-6-4-5-13-30-26;1-16-11-20-14-31(26(29)24(20)25(28)17(16)2)15-23(32)19-12-21(27(4,5)6)18(3)22(13-19)30-7-9-33-10-8-30;1-15-12-25(29)23(17(3)30-24(25)28)21(16(15)2)11-10-20-9-8-19(14-27-20)22-7-5-4-6-18(22)13-26/h4-6,8-10,12,15,17-19,22,25-27,29H,3,7,11,13-14,16H2,1-2H3;4-6,8-10,12-13,17-19,21,23-25,28H,3,7,11,14-16H2,1-2H3;11-13,29H,7-10,14-15H2,1-6H3;4-11,14-17,21,23,29H,12H2,1-3H3/b2*12-10+;;11-10+/t18-,19-,22+,25-,26+,27-,29+;18-,19-,21+,23-,24+,25-,28+;;15-,16+,17+,21-,23-,25-/m11.0/s1. The summed E-state index contributed by atoms with van der Waals surface area (Å²) < 4.78 is 61.2. The number of aliphatic hydroxyl groups is 1. The van der Waals surface area contributed by atoms with Gasteiger partial charge in [-0.25, -0.2) is 13.6 Å². The van der Waals surface area contributed by atoms with Crippen molar-refractivity contribution in [1.29, 1.82) is 10.7 Å². The lowest BCUT2D eigenvalue weighted by Gasteiger charge is -2.47. The number of carbonyl (C=O) groups excluding carboxylic acids is 6. The number of rotatable bonds is 19.